The molecule has 0 radical (unpaired) electrons. The van der Waals surface area contributed by atoms with E-state index in [2.05, 4.69) is 26.2 Å². The zero-order valence-corrected chi connectivity index (χ0v) is 18.1. The van der Waals surface area contributed by atoms with E-state index in [1.807, 2.05) is 32.9 Å². The predicted octanol–water partition coefficient (Wildman–Crippen LogP) is 3.97. The number of amides is 1. The first-order valence-corrected chi connectivity index (χ1v) is 10.2. The molecule has 5 nitrogen and oxygen atoms in total. The van der Waals surface area contributed by atoms with Crippen molar-refractivity contribution in [3.8, 4) is 0 Å². The smallest absolute Gasteiger partial charge is 0.272 e. The van der Waals surface area contributed by atoms with Crippen LogP contribution < -0.4 is 5.32 Å². The van der Waals surface area contributed by atoms with Crippen molar-refractivity contribution in [3.05, 3.63) is 62.6 Å². The Hall–Kier alpha value is -2.41. The van der Waals surface area contributed by atoms with Crippen molar-refractivity contribution in [2.75, 3.05) is 6.54 Å². The van der Waals surface area contributed by atoms with E-state index in [0.717, 1.165) is 28.3 Å². The van der Waals surface area contributed by atoms with Crippen molar-refractivity contribution >= 4 is 33.4 Å². The molecule has 1 amide bonds. The molecule has 2 unspecified atom stereocenters. The lowest BCUT2D eigenvalue weighted by molar-refractivity contribution is -0.124. The van der Waals surface area contributed by atoms with E-state index in [4.69, 9.17) is 0 Å². The molecule has 29 heavy (non-hydrogen) atoms. The first-order chi connectivity index (χ1) is 13.7. The number of carbonyl (C=O) groups is 3. The molecule has 2 atom stereocenters. The van der Waals surface area contributed by atoms with Gasteiger partial charge in [-0.05, 0) is 65.9 Å². The molecule has 1 aliphatic carbocycles. The number of Topliss-reactive ketones (excluding diaryl/α,β-unsaturated/α-hetero) is 2. The van der Waals surface area contributed by atoms with Gasteiger partial charge in [-0.3, -0.25) is 14.4 Å². The fourth-order valence-corrected chi connectivity index (χ4v) is 4.38. The van der Waals surface area contributed by atoms with Gasteiger partial charge in [0.15, 0.2) is 17.3 Å². The van der Waals surface area contributed by atoms with Crippen LogP contribution in [0.25, 0.3) is 0 Å². The maximum atomic E-state index is 13.8. The van der Waals surface area contributed by atoms with Crippen LogP contribution in [0.1, 0.15) is 51.5 Å². The first-order valence-electron chi connectivity index (χ1n) is 9.42. The first kappa shape index (κ1) is 21.3. The van der Waals surface area contributed by atoms with Crippen molar-refractivity contribution < 1.29 is 18.8 Å². The van der Waals surface area contributed by atoms with Crippen molar-refractivity contribution in [1.29, 1.82) is 0 Å². The molecule has 7 heteroatoms. The highest BCUT2D eigenvalue weighted by atomic mass is 79.9. The Bertz CT molecular complexity index is 983. The van der Waals surface area contributed by atoms with Crippen LogP contribution in [-0.2, 0) is 9.59 Å². The Kier molecular flexibility index (Phi) is 6.27. The van der Waals surface area contributed by atoms with E-state index < -0.39 is 23.6 Å². The summed E-state index contributed by atoms with van der Waals surface area (Å²) >= 11 is 3.09. The molecule has 2 aromatic rings. The van der Waals surface area contributed by atoms with Crippen molar-refractivity contribution in [1.82, 2.24) is 10.3 Å². The standard InChI is InChI=1S/C22H22BrFN2O3/c1-11-6-12(2)18(13(3)7-11)19-17(27)8-14(21(19)28)4-5-25-22(29)20-16(24)9-15(23)10-26-20/h6-7,9-10,14,19H,4-5,8H2,1-3H3,(H,25,29). The Morgan fingerprint density at radius 3 is 2.48 bits per heavy atom. The van der Waals surface area contributed by atoms with Crippen LogP contribution >= 0.6 is 15.9 Å². The van der Waals surface area contributed by atoms with Gasteiger partial charge in [-0.15, -0.1) is 0 Å². The summed E-state index contributed by atoms with van der Waals surface area (Å²) in [5.41, 5.74) is 3.48. The molecular formula is C22H22BrFN2O3. The van der Waals surface area contributed by atoms with E-state index in [-0.39, 0.29) is 30.2 Å². The van der Waals surface area contributed by atoms with Crippen LogP contribution in [0.2, 0.25) is 0 Å². The summed E-state index contributed by atoms with van der Waals surface area (Å²) in [7, 11) is 0. The average Bonchev–Trinajstić information content (AvgIpc) is 2.89. The summed E-state index contributed by atoms with van der Waals surface area (Å²) < 4.78 is 14.3. The molecule has 0 spiro atoms. The van der Waals surface area contributed by atoms with Crippen molar-refractivity contribution in [2.24, 2.45) is 5.92 Å². The van der Waals surface area contributed by atoms with E-state index in [1.165, 1.54) is 6.20 Å². The SMILES string of the molecule is Cc1cc(C)c(C2C(=O)CC(CCNC(=O)c3ncc(Br)cc3F)C2=O)c(C)c1. The van der Waals surface area contributed by atoms with Crippen LogP contribution in [0.5, 0.6) is 0 Å². The number of ketones is 2. The van der Waals surface area contributed by atoms with Crippen LogP contribution in [-0.4, -0.2) is 29.0 Å². The van der Waals surface area contributed by atoms with Gasteiger partial charge >= 0.3 is 0 Å². The number of pyridine rings is 1. The lowest BCUT2D eigenvalue weighted by atomic mass is 9.86. The van der Waals surface area contributed by atoms with Gasteiger partial charge in [0.2, 0.25) is 0 Å². The quantitative estimate of drug-likeness (QED) is 0.684. The summed E-state index contributed by atoms with van der Waals surface area (Å²) in [6.07, 6.45) is 1.83. The topological polar surface area (TPSA) is 76.1 Å². The number of aromatic nitrogens is 1. The second-order valence-electron chi connectivity index (χ2n) is 7.54. The number of aryl methyl sites for hydroxylation is 3. The van der Waals surface area contributed by atoms with Gasteiger partial charge in [-0.2, -0.15) is 0 Å². The largest absolute Gasteiger partial charge is 0.351 e. The number of benzene rings is 1. The molecule has 1 fully saturated rings. The summed E-state index contributed by atoms with van der Waals surface area (Å²) in [4.78, 5) is 41.4. The van der Waals surface area contributed by atoms with Crippen LogP contribution in [0, 0.1) is 32.5 Å². The molecule has 0 bridgehead atoms. The number of halogens is 2. The molecule has 1 saturated carbocycles. The highest BCUT2D eigenvalue weighted by Crippen LogP contribution is 2.37. The summed E-state index contributed by atoms with van der Waals surface area (Å²) in [5, 5.41) is 2.59. The number of hydrogen-bond donors (Lipinski definition) is 1. The van der Waals surface area contributed by atoms with Gasteiger partial charge in [-0.1, -0.05) is 17.7 Å². The minimum Gasteiger partial charge on any atom is -0.351 e. The third-order valence-corrected chi connectivity index (χ3v) is 5.72. The van der Waals surface area contributed by atoms with Gasteiger partial charge in [0.25, 0.3) is 5.91 Å². The van der Waals surface area contributed by atoms with Gasteiger partial charge in [0.05, 0.1) is 0 Å². The molecule has 152 valence electrons. The number of rotatable bonds is 5. The normalized spacial score (nSPS) is 18.9. The van der Waals surface area contributed by atoms with E-state index >= 15 is 0 Å². The average molecular weight is 461 g/mol. The monoisotopic (exact) mass is 460 g/mol. The molecule has 1 aromatic heterocycles. The fraction of sp³-hybridized carbons (Fsp3) is 0.364. The van der Waals surface area contributed by atoms with Gasteiger partial charge in [-0.25, -0.2) is 9.37 Å². The summed E-state index contributed by atoms with van der Waals surface area (Å²) in [6.45, 7) is 5.99. The zero-order chi connectivity index (χ0) is 21.3. The second-order valence-corrected chi connectivity index (χ2v) is 8.46. The van der Waals surface area contributed by atoms with E-state index in [9.17, 15) is 18.8 Å². The predicted molar refractivity (Wildman–Crippen MR) is 110 cm³/mol. The van der Waals surface area contributed by atoms with E-state index in [0.29, 0.717) is 10.9 Å². The fourth-order valence-electron chi connectivity index (χ4n) is 4.08. The Labute approximate surface area is 177 Å². The van der Waals surface area contributed by atoms with Crippen molar-refractivity contribution in [3.63, 3.8) is 0 Å². The second kappa shape index (κ2) is 8.53. The van der Waals surface area contributed by atoms with Crippen molar-refractivity contribution in [2.45, 2.75) is 39.5 Å². The third kappa shape index (κ3) is 4.45. The maximum absolute atomic E-state index is 13.8. The van der Waals surface area contributed by atoms with Crippen LogP contribution in [0.15, 0.2) is 28.9 Å². The minimum atomic E-state index is -0.734. The number of carbonyl (C=O) groups excluding carboxylic acids is 3. The minimum absolute atomic E-state index is 0.0815. The molecule has 0 saturated heterocycles. The molecule has 0 aliphatic heterocycles. The molecule has 1 aromatic carbocycles. The third-order valence-electron chi connectivity index (χ3n) is 5.28. The molecular weight excluding hydrogens is 439 g/mol. The summed E-state index contributed by atoms with van der Waals surface area (Å²) in [5.74, 6) is -2.74. The number of nitrogens with one attached hydrogen (secondary N) is 1. The summed E-state index contributed by atoms with van der Waals surface area (Å²) in [6, 6.07) is 5.13. The number of nitrogens with zero attached hydrogens (tertiary/aromatic N) is 1. The molecule has 1 N–H and O–H groups in total. The van der Waals surface area contributed by atoms with Gasteiger partial charge in [0.1, 0.15) is 11.7 Å². The van der Waals surface area contributed by atoms with Gasteiger partial charge in [0, 0.05) is 29.6 Å². The maximum Gasteiger partial charge on any atom is 0.272 e. The lowest BCUT2D eigenvalue weighted by Crippen LogP contribution is -2.28. The number of hydrogen-bond acceptors (Lipinski definition) is 4. The van der Waals surface area contributed by atoms with Crippen LogP contribution in [0.3, 0.4) is 0 Å². The molecule has 3 rings (SSSR count). The van der Waals surface area contributed by atoms with Gasteiger partial charge < -0.3 is 5.32 Å². The molecule has 1 heterocycles. The Morgan fingerprint density at radius 1 is 1.21 bits per heavy atom. The Morgan fingerprint density at radius 2 is 1.86 bits per heavy atom. The van der Waals surface area contributed by atoms with Crippen LogP contribution in [0.4, 0.5) is 4.39 Å². The zero-order valence-electron chi connectivity index (χ0n) is 16.5. The highest BCUT2D eigenvalue weighted by molar-refractivity contribution is 9.10. The highest BCUT2D eigenvalue weighted by Gasteiger charge is 2.42. The molecule has 1 aliphatic rings. The van der Waals surface area contributed by atoms with E-state index in [1.54, 1.807) is 0 Å². The lowest BCUT2D eigenvalue weighted by Gasteiger charge is -2.16. The Balaban J connectivity index is 1.66.